The molecule has 0 bridgehead atoms. The van der Waals surface area contributed by atoms with E-state index in [1.807, 2.05) is 12.1 Å². The number of halogens is 3. The van der Waals surface area contributed by atoms with Crippen LogP contribution in [0.4, 0.5) is 13.2 Å². The van der Waals surface area contributed by atoms with Crippen LogP contribution >= 0.6 is 0 Å². The highest BCUT2D eigenvalue weighted by Crippen LogP contribution is 2.51. The Morgan fingerprint density at radius 2 is 1.69 bits per heavy atom. The molecule has 1 fully saturated rings. The summed E-state index contributed by atoms with van der Waals surface area (Å²) >= 11 is 0. The largest absolute Gasteiger partial charge is 0.454 e. The third-order valence-electron chi connectivity index (χ3n) is 6.40. The summed E-state index contributed by atoms with van der Waals surface area (Å²) < 4.78 is 52.5. The average Bonchev–Trinajstić information content (AvgIpc) is 3.44. The molecular formula is C26H21F3O3. The maximum atomic E-state index is 13.9. The summed E-state index contributed by atoms with van der Waals surface area (Å²) in [6.45, 7) is 1.93. The van der Waals surface area contributed by atoms with E-state index in [-0.39, 0.29) is 24.6 Å². The van der Waals surface area contributed by atoms with E-state index in [2.05, 4.69) is 0 Å². The van der Waals surface area contributed by atoms with Gasteiger partial charge in [0, 0.05) is 6.42 Å². The lowest BCUT2D eigenvalue weighted by molar-refractivity contribution is -0.137. The van der Waals surface area contributed by atoms with Crippen LogP contribution in [0.15, 0.2) is 60.7 Å². The van der Waals surface area contributed by atoms with Gasteiger partial charge in [-0.2, -0.15) is 13.2 Å². The number of carbonyl (C=O) groups excluding carboxylic acids is 1. The minimum atomic E-state index is -4.52. The second-order valence-corrected chi connectivity index (χ2v) is 8.44. The van der Waals surface area contributed by atoms with E-state index in [0.29, 0.717) is 35.5 Å². The van der Waals surface area contributed by atoms with Gasteiger partial charge in [0.05, 0.1) is 11.0 Å². The maximum absolute atomic E-state index is 13.9. The van der Waals surface area contributed by atoms with Gasteiger partial charge in [0.15, 0.2) is 11.5 Å². The molecule has 32 heavy (non-hydrogen) atoms. The predicted octanol–water partition coefficient (Wildman–Crippen LogP) is 6.25. The molecule has 0 N–H and O–H groups in total. The summed E-state index contributed by atoms with van der Waals surface area (Å²) in [7, 11) is 0. The molecule has 0 spiro atoms. The number of Topliss-reactive ketones (excluding diaryl/α,β-unsaturated/α-hetero) is 1. The third-order valence-corrected chi connectivity index (χ3v) is 6.40. The van der Waals surface area contributed by atoms with Crippen LogP contribution in [0.3, 0.4) is 0 Å². The van der Waals surface area contributed by atoms with Crippen molar-refractivity contribution in [3.8, 4) is 22.6 Å². The SMILES string of the molecule is Cc1ccccc1-c1ccc(CC(=O)C2(c3ccc4c(c3)OCO4)CC2)cc1C(F)(F)F. The number of fused-ring (bicyclic) bond motifs is 1. The number of carbonyl (C=O) groups is 1. The molecule has 1 saturated carbocycles. The van der Waals surface area contributed by atoms with Crippen molar-refractivity contribution in [2.75, 3.05) is 6.79 Å². The summed E-state index contributed by atoms with van der Waals surface area (Å²) in [5.74, 6) is 1.16. The molecular weight excluding hydrogens is 417 g/mol. The fourth-order valence-corrected chi connectivity index (χ4v) is 4.45. The molecule has 2 aliphatic rings. The number of ether oxygens (including phenoxy) is 2. The van der Waals surface area contributed by atoms with Crippen LogP contribution in [0, 0.1) is 6.92 Å². The van der Waals surface area contributed by atoms with Gasteiger partial charge in [0.2, 0.25) is 6.79 Å². The number of alkyl halides is 3. The highest BCUT2D eigenvalue weighted by molar-refractivity contribution is 5.95. The fourth-order valence-electron chi connectivity index (χ4n) is 4.45. The van der Waals surface area contributed by atoms with Gasteiger partial charge in [-0.15, -0.1) is 0 Å². The van der Waals surface area contributed by atoms with E-state index < -0.39 is 17.2 Å². The normalized spacial score (nSPS) is 16.1. The quantitative estimate of drug-likeness (QED) is 0.472. The van der Waals surface area contributed by atoms with Crippen LogP contribution in [-0.2, 0) is 22.8 Å². The maximum Gasteiger partial charge on any atom is 0.417 e. The summed E-state index contributed by atoms with van der Waals surface area (Å²) in [5, 5.41) is 0. The number of hydrogen-bond donors (Lipinski definition) is 0. The topological polar surface area (TPSA) is 35.5 Å². The zero-order chi connectivity index (χ0) is 22.5. The van der Waals surface area contributed by atoms with Crippen molar-refractivity contribution in [1.82, 2.24) is 0 Å². The molecule has 0 atom stereocenters. The van der Waals surface area contributed by atoms with Crippen molar-refractivity contribution in [3.05, 3.63) is 82.9 Å². The van der Waals surface area contributed by atoms with Crippen LogP contribution < -0.4 is 9.47 Å². The van der Waals surface area contributed by atoms with Crippen molar-refractivity contribution in [3.63, 3.8) is 0 Å². The van der Waals surface area contributed by atoms with Crippen LogP contribution in [0.1, 0.15) is 35.1 Å². The van der Waals surface area contributed by atoms with E-state index in [1.165, 1.54) is 6.07 Å². The van der Waals surface area contributed by atoms with Crippen LogP contribution in [0.5, 0.6) is 11.5 Å². The third kappa shape index (κ3) is 3.53. The van der Waals surface area contributed by atoms with Gasteiger partial charge >= 0.3 is 6.18 Å². The van der Waals surface area contributed by atoms with Crippen molar-refractivity contribution in [2.24, 2.45) is 0 Å². The molecule has 0 saturated heterocycles. The minimum Gasteiger partial charge on any atom is -0.454 e. The smallest absolute Gasteiger partial charge is 0.417 e. The summed E-state index contributed by atoms with van der Waals surface area (Å²) in [5.41, 5.74) is 1.26. The van der Waals surface area contributed by atoms with E-state index in [0.717, 1.165) is 17.2 Å². The lowest BCUT2D eigenvalue weighted by atomic mass is 9.86. The first kappa shape index (κ1) is 20.6. The number of ketones is 1. The lowest BCUT2D eigenvalue weighted by Gasteiger charge is -2.18. The Kier molecular flexibility index (Phi) is 4.77. The van der Waals surface area contributed by atoms with Crippen molar-refractivity contribution < 1.29 is 27.4 Å². The van der Waals surface area contributed by atoms with E-state index >= 15 is 0 Å². The van der Waals surface area contributed by atoms with E-state index in [4.69, 9.17) is 9.47 Å². The first-order valence-corrected chi connectivity index (χ1v) is 10.5. The molecule has 0 aromatic heterocycles. The highest BCUT2D eigenvalue weighted by Gasteiger charge is 2.51. The Balaban J connectivity index is 1.46. The number of benzene rings is 3. The van der Waals surface area contributed by atoms with Gasteiger partial charge in [-0.05, 0) is 65.8 Å². The monoisotopic (exact) mass is 438 g/mol. The second-order valence-electron chi connectivity index (χ2n) is 8.44. The number of aryl methyl sites for hydroxylation is 1. The molecule has 1 heterocycles. The Hall–Kier alpha value is -3.28. The first-order chi connectivity index (χ1) is 15.3. The van der Waals surface area contributed by atoms with Gasteiger partial charge in [0.25, 0.3) is 0 Å². The average molecular weight is 438 g/mol. The minimum absolute atomic E-state index is 0.0500. The molecule has 6 heteroatoms. The number of rotatable bonds is 5. The predicted molar refractivity (Wildman–Crippen MR) is 114 cm³/mol. The Labute approximate surface area is 183 Å². The van der Waals surface area contributed by atoms with Crippen molar-refractivity contribution in [1.29, 1.82) is 0 Å². The standard InChI is InChI=1S/C26H21F3O3/c1-16-4-2-3-5-19(16)20-8-6-17(12-21(20)26(27,28)29)13-24(30)25(10-11-25)18-7-9-22-23(14-18)32-15-31-22/h2-9,12,14H,10-11,13,15H2,1H3. The zero-order valence-electron chi connectivity index (χ0n) is 17.5. The molecule has 0 amide bonds. The van der Waals surface area contributed by atoms with Crippen molar-refractivity contribution >= 4 is 5.78 Å². The fraction of sp³-hybridized carbons (Fsp3) is 0.269. The van der Waals surface area contributed by atoms with Gasteiger partial charge in [-0.25, -0.2) is 0 Å². The second kappa shape index (κ2) is 7.40. The highest BCUT2D eigenvalue weighted by atomic mass is 19.4. The Bertz CT molecular complexity index is 1210. The Morgan fingerprint density at radius 3 is 2.41 bits per heavy atom. The zero-order valence-corrected chi connectivity index (χ0v) is 17.5. The number of hydrogen-bond acceptors (Lipinski definition) is 3. The van der Waals surface area contributed by atoms with Gasteiger partial charge < -0.3 is 9.47 Å². The molecule has 164 valence electrons. The summed E-state index contributed by atoms with van der Waals surface area (Å²) in [6, 6.07) is 16.7. The molecule has 3 nitrogen and oxygen atoms in total. The molecule has 3 aromatic carbocycles. The van der Waals surface area contributed by atoms with Crippen LogP contribution in [0.2, 0.25) is 0 Å². The summed E-state index contributed by atoms with van der Waals surface area (Å²) in [6.07, 6.45) is -3.21. The van der Waals surface area contributed by atoms with Crippen LogP contribution in [0.25, 0.3) is 11.1 Å². The molecule has 0 radical (unpaired) electrons. The molecule has 5 rings (SSSR count). The molecule has 3 aromatic rings. The van der Waals surface area contributed by atoms with Gasteiger partial charge in [-0.1, -0.05) is 42.5 Å². The molecule has 0 unspecified atom stereocenters. The lowest BCUT2D eigenvalue weighted by Crippen LogP contribution is -2.22. The Morgan fingerprint density at radius 1 is 0.938 bits per heavy atom. The van der Waals surface area contributed by atoms with Crippen molar-refractivity contribution in [2.45, 2.75) is 37.8 Å². The van der Waals surface area contributed by atoms with E-state index in [9.17, 15) is 18.0 Å². The summed E-state index contributed by atoms with van der Waals surface area (Å²) in [4.78, 5) is 13.2. The molecule has 1 aliphatic heterocycles. The van der Waals surface area contributed by atoms with Gasteiger partial charge in [-0.3, -0.25) is 4.79 Å². The molecule has 1 aliphatic carbocycles. The van der Waals surface area contributed by atoms with E-state index in [1.54, 1.807) is 43.3 Å². The van der Waals surface area contributed by atoms with Gasteiger partial charge in [0.1, 0.15) is 5.78 Å². The van der Waals surface area contributed by atoms with Crippen LogP contribution in [-0.4, -0.2) is 12.6 Å². The first-order valence-electron chi connectivity index (χ1n) is 10.5.